The molecule has 0 heterocycles. The van der Waals surface area contributed by atoms with Crippen LogP contribution in [0.1, 0.15) is 63.9 Å². The summed E-state index contributed by atoms with van der Waals surface area (Å²) in [6, 6.07) is 7.98. The van der Waals surface area contributed by atoms with Gasteiger partial charge in [0.1, 0.15) is 5.75 Å². The Labute approximate surface area is 124 Å². The van der Waals surface area contributed by atoms with Crippen LogP contribution in [-0.4, -0.2) is 18.3 Å². The number of benzene rings is 1. The molecule has 1 aromatic carbocycles. The summed E-state index contributed by atoms with van der Waals surface area (Å²) in [5.41, 5.74) is 1.15. The van der Waals surface area contributed by atoms with Crippen LogP contribution in [0.4, 0.5) is 0 Å². The first-order valence-corrected chi connectivity index (χ1v) is 8.07. The molecular formula is C18H30O2. The monoisotopic (exact) mass is 278 g/mol. The minimum atomic E-state index is -0.224. The van der Waals surface area contributed by atoms with E-state index in [9.17, 15) is 5.11 Å². The molecule has 20 heavy (non-hydrogen) atoms. The molecule has 1 rings (SSSR count). The third-order valence-corrected chi connectivity index (χ3v) is 3.75. The largest absolute Gasteiger partial charge is 0.497 e. The molecule has 1 N–H and O–H groups in total. The fraction of sp³-hybridized carbons (Fsp3) is 0.667. The minimum Gasteiger partial charge on any atom is -0.497 e. The van der Waals surface area contributed by atoms with Crippen LogP contribution in [0.5, 0.6) is 5.75 Å². The Morgan fingerprint density at radius 3 is 2.45 bits per heavy atom. The Morgan fingerprint density at radius 1 is 1.05 bits per heavy atom. The molecule has 0 aliphatic heterocycles. The third-order valence-electron chi connectivity index (χ3n) is 3.75. The van der Waals surface area contributed by atoms with Gasteiger partial charge in [-0.25, -0.2) is 0 Å². The first-order chi connectivity index (χ1) is 9.76. The zero-order chi connectivity index (χ0) is 14.6. The maximum absolute atomic E-state index is 10.1. The minimum absolute atomic E-state index is 0.224. The van der Waals surface area contributed by atoms with Crippen LogP contribution in [0.15, 0.2) is 24.3 Å². The number of hydrogen-bond donors (Lipinski definition) is 1. The van der Waals surface area contributed by atoms with Gasteiger partial charge in [0.15, 0.2) is 0 Å². The van der Waals surface area contributed by atoms with Crippen LogP contribution >= 0.6 is 0 Å². The Bertz CT molecular complexity index is 349. The van der Waals surface area contributed by atoms with Gasteiger partial charge in [-0.3, -0.25) is 0 Å². The summed E-state index contributed by atoms with van der Waals surface area (Å²) in [7, 11) is 1.67. The molecule has 2 nitrogen and oxygen atoms in total. The molecule has 1 aromatic rings. The number of hydrogen-bond acceptors (Lipinski definition) is 2. The summed E-state index contributed by atoms with van der Waals surface area (Å²) in [4.78, 5) is 0. The molecule has 0 aliphatic carbocycles. The highest BCUT2D eigenvalue weighted by Crippen LogP contribution is 2.16. The number of aliphatic hydroxyl groups is 1. The van der Waals surface area contributed by atoms with E-state index in [1.54, 1.807) is 7.11 Å². The van der Waals surface area contributed by atoms with Gasteiger partial charge in [-0.1, -0.05) is 64.0 Å². The molecule has 0 aliphatic rings. The second kappa shape index (κ2) is 10.7. The summed E-state index contributed by atoms with van der Waals surface area (Å²) in [5.74, 6) is 0.866. The normalized spacial score (nSPS) is 12.3. The summed E-state index contributed by atoms with van der Waals surface area (Å²) in [5, 5.41) is 10.1. The van der Waals surface area contributed by atoms with Crippen molar-refractivity contribution in [2.45, 2.75) is 70.8 Å². The van der Waals surface area contributed by atoms with E-state index in [4.69, 9.17) is 4.74 Å². The average Bonchev–Trinajstić information content (AvgIpc) is 2.46. The highest BCUT2D eigenvalue weighted by molar-refractivity contribution is 5.28. The number of unbranched alkanes of at least 4 members (excludes halogenated alkanes) is 6. The predicted molar refractivity (Wildman–Crippen MR) is 85.3 cm³/mol. The van der Waals surface area contributed by atoms with Crippen molar-refractivity contribution in [1.29, 1.82) is 0 Å². The molecule has 0 fully saturated rings. The van der Waals surface area contributed by atoms with Gasteiger partial charge < -0.3 is 9.84 Å². The third kappa shape index (κ3) is 7.54. The van der Waals surface area contributed by atoms with Crippen molar-refractivity contribution in [2.24, 2.45) is 0 Å². The van der Waals surface area contributed by atoms with E-state index < -0.39 is 0 Å². The van der Waals surface area contributed by atoms with Crippen molar-refractivity contribution in [3.63, 3.8) is 0 Å². The molecule has 0 amide bonds. The van der Waals surface area contributed by atoms with Gasteiger partial charge >= 0.3 is 0 Å². The van der Waals surface area contributed by atoms with Gasteiger partial charge in [0, 0.05) is 0 Å². The lowest BCUT2D eigenvalue weighted by molar-refractivity contribution is 0.161. The second-order valence-electron chi connectivity index (χ2n) is 5.62. The van der Waals surface area contributed by atoms with E-state index in [2.05, 4.69) is 13.0 Å². The predicted octanol–water partition coefficient (Wildman–Crippen LogP) is 4.74. The molecule has 114 valence electrons. The smallest absolute Gasteiger partial charge is 0.119 e. The first kappa shape index (κ1) is 17.0. The number of rotatable bonds is 11. The average molecular weight is 278 g/mol. The van der Waals surface area contributed by atoms with Crippen molar-refractivity contribution >= 4 is 0 Å². The fourth-order valence-corrected chi connectivity index (χ4v) is 2.51. The van der Waals surface area contributed by atoms with Gasteiger partial charge in [-0.2, -0.15) is 0 Å². The molecule has 0 saturated carbocycles. The van der Waals surface area contributed by atoms with Gasteiger partial charge in [-0.05, 0) is 30.5 Å². The van der Waals surface area contributed by atoms with E-state index in [1.807, 2.05) is 18.2 Å². The second-order valence-corrected chi connectivity index (χ2v) is 5.62. The Kier molecular flexibility index (Phi) is 9.14. The van der Waals surface area contributed by atoms with Crippen LogP contribution in [-0.2, 0) is 6.42 Å². The summed E-state index contributed by atoms with van der Waals surface area (Å²) < 4.78 is 5.20. The quantitative estimate of drug-likeness (QED) is 0.592. The van der Waals surface area contributed by atoms with Gasteiger partial charge in [-0.15, -0.1) is 0 Å². The van der Waals surface area contributed by atoms with E-state index in [-0.39, 0.29) is 6.10 Å². The maximum Gasteiger partial charge on any atom is 0.119 e. The number of methoxy groups -OCH3 is 1. The molecule has 0 saturated heterocycles. The van der Waals surface area contributed by atoms with Crippen LogP contribution < -0.4 is 4.74 Å². The van der Waals surface area contributed by atoms with E-state index in [0.29, 0.717) is 0 Å². The Hall–Kier alpha value is -1.02. The zero-order valence-corrected chi connectivity index (χ0v) is 13.1. The molecule has 0 radical (unpaired) electrons. The van der Waals surface area contributed by atoms with Crippen LogP contribution in [0.25, 0.3) is 0 Å². The topological polar surface area (TPSA) is 29.5 Å². The lowest BCUT2D eigenvalue weighted by Gasteiger charge is -2.11. The first-order valence-electron chi connectivity index (χ1n) is 8.07. The van der Waals surface area contributed by atoms with Gasteiger partial charge in [0.25, 0.3) is 0 Å². The van der Waals surface area contributed by atoms with Gasteiger partial charge in [0.05, 0.1) is 13.2 Å². The molecule has 2 heteroatoms. The summed E-state index contributed by atoms with van der Waals surface area (Å²) in [6.07, 6.45) is 10.5. The van der Waals surface area contributed by atoms with Crippen molar-refractivity contribution in [1.82, 2.24) is 0 Å². The van der Waals surface area contributed by atoms with Crippen LogP contribution in [0.3, 0.4) is 0 Å². The van der Waals surface area contributed by atoms with Crippen LogP contribution in [0, 0.1) is 0 Å². The highest BCUT2D eigenvalue weighted by Gasteiger charge is 2.06. The highest BCUT2D eigenvalue weighted by atomic mass is 16.5. The van der Waals surface area contributed by atoms with Crippen LogP contribution in [0.2, 0.25) is 0 Å². The van der Waals surface area contributed by atoms with Crippen molar-refractivity contribution in [2.75, 3.05) is 7.11 Å². The molecule has 0 bridgehead atoms. The summed E-state index contributed by atoms with van der Waals surface area (Å²) >= 11 is 0. The number of ether oxygens (including phenoxy) is 1. The van der Waals surface area contributed by atoms with E-state index >= 15 is 0 Å². The van der Waals surface area contributed by atoms with E-state index in [0.717, 1.165) is 30.6 Å². The van der Waals surface area contributed by atoms with E-state index in [1.165, 1.54) is 38.5 Å². The summed E-state index contributed by atoms with van der Waals surface area (Å²) in [6.45, 7) is 2.24. The standard InChI is InChI=1S/C18H30O2/c1-3-4-5-6-7-8-9-12-17(19)14-16-11-10-13-18(15-16)20-2/h10-11,13,15,17,19H,3-9,12,14H2,1-2H3. The molecular weight excluding hydrogens is 248 g/mol. The molecule has 1 unspecified atom stereocenters. The molecule has 0 spiro atoms. The Balaban J connectivity index is 2.12. The Morgan fingerprint density at radius 2 is 1.75 bits per heavy atom. The zero-order valence-electron chi connectivity index (χ0n) is 13.1. The van der Waals surface area contributed by atoms with Crippen molar-refractivity contribution in [3.05, 3.63) is 29.8 Å². The number of aliphatic hydroxyl groups excluding tert-OH is 1. The lowest BCUT2D eigenvalue weighted by atomic mass is 10.0. The van der Waals surface area contributed by atoms with Crippen molar-refractivity contribution < 1.29 is 9.84 Å². The maximum atomic E-state index is 10.1. The van der Waals surface area contributed by atoms with Crippen molar-refractivity contribution in [3.8, 4) is 5.75 Å². The fourth-order valence-electron chi connectivity index (χ4n) is 2.51. The SMILES string of the molecule is CCCCCCCCCC(O)Cc1cccc(OC)c1. The molecule has 1 atom stereocenters. The molecule has 0 aromatic heterocycles. The van der Waals surface area contributed by atoms with Gasteiger partial charge in [0.2, 0.25) is 0 Å². The lowest BCUT2D eigenvalue weighted by Crippen LogP contribution is -2.10.